The summed E-state index contributed by atoms with van der Waals surface area (Å²) in [4.78, 5) is 12.4. The molecule has 6 heteroatoms. The third kappa shape index (κ3) is 3.10. The van der Waals surface area contributed by atoms with Gasteiger partial charge in [-0.3, -0.25) is 9.98 Å². The number of aryl methyl sites for hydroxylation is 1. The summed E-state index contributed by atoms with van der Waals surface area (Å²) in [6.45, 7) is 4.43. The fourth-order valence-corrected chi connectivity index (χ4v) is 5.88. The largest absolute Gasteiger partial charge is 0.497 e. The van der Waals surface area contributed by atoms with Crippen molar-refractivity contribution in [2.24, 2.45) is 4.99 Å². The fraction of sp³-hybridized carbons (Fsp3) is 0.333. The van der Waals surface area contributed by atoms with Gasteiger partial charge < -0.3 is 14.2 Å². The molecule has 1 saturated heterocycles. The van der Waals surface area contributed by atoms with E-state index in [0.717, 1.165) is 34.5 Å². The van der Waals surface area contributed by atoms with Crippen molar-refractivity contribution in [2.75, 3.05) is 12.9 Å². The Kier molecular flexibility index (Phi) is 5.03. The third-order valence-corrected chi connectivity index (χ3v) is 7.20. The van der Waals surface area contributed by atoms with Crippen molar-refractivity contribution < 1.29 is 4.74 Å². The van der Waals surface area contributed by atoms with Gasteiger partial charge in [-0.15, -0.1) is 0 Å². The number of hydrogen-bond acceptors (Lipinski definition) is 5. The maximum atomic E-state index is 5.36. The molecule has 1 fully saturated rings. The average Bonchev–Trinajstić information content (AvgIpc) is 3.47. The Labute approximate surface area is 181 Å². The number of amidine groups is 1. The molecule has 154 valence electrons. The first-order valence-electron chi connectivity index (χ1n) is 10.4. The summed E-state index contributed by atoms with van der Waals surface area (Å²) in [6.07, 6.45) is 2.98. The van der Waals surface area contributed by atoms with Crippen LogP contribution in [0.5, 0.6) is 5.75 Å². The molecule has 2 aliphatic heterocycles. The monoisotopic (exact) mass is 418 g/mol. The van der Waals surface area contributed by atoms with E-state index in [-0.39, 0.29) is 12.1 Å². The highest BCUT2D eigenvalue weighted by molar-refractivity contribution is 8.14. The van der Waals surface area contributed by atoms with Crippen molar-refractivity contribution in [1.29, 1.82) is 0 Å². The molecule has 30 heavy (non-hydrogen) atoms. The quantitative estimate of drug-likeness (QED) is 0.573. The molecule has 4 heterocycles. The van der Waals surface area contributed by atoms with Gasteiger partial charge in [0.05, 0.1) is 12.8 Å². The molecule has 3 atom stereocenters. The first-order valence-corrected chi connectivity index (χ1v) is 11.4. The predicted octanol–water partition coefficient (Wildman–Crippen LogP) is 5.17. The molecule has 2 aliphatic rings. The molecule has 0 bridgehead atoms. The van der Waals surface area contributed by atoms with Gasteiger partial charge in [0.15, 0.2) is 5.17 Å². The number of hydrogen-bond donors (Lipinski definition) is 0. The van der Waals surface area contributed by atoms with Crippen LogP contribution in [0.2, 0.25) is 0 Å². The Morgan fingerprint density at radius 3 is 2.63 bits per heavy atom. The van der Waals surface area contributed by atoms with Crippen LogP contribution in [0.15, 0.2) is 65.8 Å². The first kappa shape index (κ1) is 19.2. The summed E-state index contributed by atoms with van der Waals surface area (Å²) in [5.41, 5.74) is 4.64. The number of thioether (sulfide) groups is 1. The van der Waals surface area contributed by atoms with Crippen molar-refractivity contribution in [1.82, 2.24) is 14.5 Å². The van der Waals surface area contributed by atoms with E-state index in [4.69, 9.17) is 9.73 Å². The number of benzene rings is 1. The lowest BCUT2D eigenvalue weighted by Crippen LogP contribution is -2.36. The first-order chi connectivity index (χ1) is 14.7. The molecule has 5 rings (SSSR count). The van der Waals surface area contributed by atoms with E-state index in [9.17, 15) is 0 Å². The molecular weight excluding hydrogens is 392 g/mol. The highest BCUT2D eigenvalue weighted by Gasteiger charge is 2.46. The minimum Gasteiger partial charge on any atom is -0.497 e. The molecule has 3 aromatic rings. The molecule has 0 amide bonds. The van der Waals surface area contributed by atoms with Crippen LogP contribution >= 0.6 is 11.8 Å². The second-order valence-electron chi connectivity index (χ2n) is 7.77. The van der Waals surface area contributed by atoms with Gasteiger partial charge in [0.1, 0.15) is 17.8 Å². The highest BCUT2D eigenvalue weighted by Crippen LogP contribution is 2.49. The molecule has 2 aromatic heterocycles. The van der Waals surface area contributed by atoms with E-state index in [1.165, 1.54) is 11.4 Å². The van der Waals surface area contributed by atoms with Crippen molar-refractivity contribution in [2.45, 2.75) is 38.4 Å². The fourth-order valence-electron chi connectivity index (χ4n) is 4.54. The van der Waals surface area contributed by atoms with Gasteiger partial charge in [0.25, 0.3) is 0 Å². The smallest absolute Gasteiger partial charge is 0.160 e. The van der Waals surface area contributed by atoms with Crippen LogP contribution in [0.1, 0.15) is 42.5 Å². The predicted molar refractivity (Wildman–Crippen MR) is 123 cm³/mol. The minimum absolute atomic E-state index is 0.00523. The van der Waals surface area contributed by atoms with E-state index in [0.29, 0.717) is 6.04 Å². The Bertz CT molecular complexity index is 1060. The van der Waals surface area contributed by atoms with Gasteiger partial charge in [0.2, 0.25) is 0 Å². The Morgan fingerprint density at radius 1 is 1.10 bits per heavy atom. The van der Waals surface area contributed by atoms with Gasteiger partial charge in [-0.05, 0) is 61.9 Å². The second-order valence-corrected chi connectivity index (χ2v) is 8.76. The van der Waals surface area contributed by atoms with Crippen LogP contribution in [-0.2, 0) is 0 Å². The number of ether oxygens (including phenoxy) is 1. The van der Waals surface area contributed by atoms with Crippen molar-refractivity contribution in [3.63, 3.8) is 0 Å². The lowest BCUT2D eigenvalue weighted by atomic mass is 9.99. The minimum atomic E-state index is -0.00523. The Morgan fingerprint density at radius 2 is 1.93 bits per heavy atom. The zero-order valence-electron chi connectivity index (χ0n) is 17.5. The Balaban J connectivity index is 1.63. The maximum absolute atomic E-state index is 5.36. The lowest BCUT2D eigenvalue weighted by molar-refractivity contribution is 0.248. The number of pyridine rings is 1. The van der Waals surface area contributed by atoms with Crippen LogP contribution in [-0.4, -0.2) is 38.5 Å². The number of aromatic nitrogens is 2. The van der Waals surface area contributed by atoms with Crippen LogP contribution in [0.4, 0.5) is 0 Å². The van der Waals surface area contributed by atoms with Crippen LogP contribution < -0.4 is 4.74 Å². The van der Waals surface area contributed by atoms with E-state index < -0.39 is 0 Å². The third-order valence-electron chi connectivity index (χ3n) is 6.07. The molecule has 0 N–H and O–H groups in total. The zero-order chi connectivity index (χ0) is 20.7. The SMILES string of the molecule is CC[C@@H]1CSC2=N[C@@H](c3ccccn3)[C@H](c3ccc(C)n3-c3ccc(OC)cc3)N21. The molecule has 0 aliphatic carbocycles. The molecule has 0 saturated carbocycles. The summed E-state index contributed by atoms with van der Waals surface area (Å²) in [5, 5.41) is 1.16. The lowest BCUT2D eigenvalue weighted by Gasteiger charge is -2.32. The van der Waals surface area contributed by atoms with E-state index in [1.54, 1.807) is 7.11 Å². The average molecular weight is 419 g/mol. The number of rotatable bonds is 5. The van der Waals surface area contributed by atoms with Gasteiger partial charge in [-0.25, -0.2) is 0 Å². The number of aliphatic imine (C=N–C) groups is 1. The molecule has 0 spiro atoms. The van der Waals surface area contributed by atoms with Crippen molar-refractivity contribution >= 4 is 16.9 Å². The summed E-state index contributed by atoms with van der Waals surface area (Å²) in [5.74, 6) is 1.97. The molecule has 0 radical (unpaired) electrons. The summed E-state index contributed by atoms with van der Waals surface area (Å²) >= 11 is 1.88. The Hall–Kier alpha value is -2.73. The molecule has 0 unspecified atom stereocenters. The van der Waals surface area contributed by atoms with Crippen molar-refractivity contribution in [3.8, 4) is 11.4 Å². The maximum Gasteiger partial charge on any atom is 0.160 e. The number of fused-ring (bicyclic) bond motifs is 1. The summed E-state index contributed by atoms with van der Waals surface area (Å²) < 4.78 is 7.72. The molecular formula is C24H26N4OS. The standard InChI is InChI=1S/C24H26N4OS/c1-4-17-15-30-24-26-22(20-7-5-6-14-25-20)23(28(17)24)21-13-8-16(2)27(21)18-9-11-19(29-3)12-10-18/h5-14,17,22-23H,4,15H2,1-3H3/t17-,22+,23+/m1/s1. The van der Waals surface area contributed by atoms with Gasteiger partial charge in [-0.2, -0.15) is 0 Å². The second kappa shape index (κ2) is 7.84. The number of nitrogens with zero attached hydrogens (tertiary/aromatic N) is 4. The number of methoxy groups -OCH3 is 1. The topological polar surface area (TPSA) is 42.6 Å². The van der Waals surface area contributed by atoms with Crippen LogP contribution in [0.25, 0.3) is 5.69 Å². The van der Waals surface area contributed by atoms with Crippen LogP contribution in [0.3, 0.4) is 0 Å². The van der Waals surface area contributed by atoms with E-state index in [1.807, 2.05) is 36.2 Å². The van der Waals surface area contributed by atoms with Gasteiger partial charge in [0, 0.05) is 35.1 Å². The highest BCUT2D eigenvalue weighted by atomic mass is 32.2. The molecule has 5 nitrogen and oxygen atoms in total. The van der Waals surface area contributed by atoms with Gasteiger partial charge >= 0.3 is 0 Å². The van der Waals surface area contributed by atoms with Gasteiger partial charge in [-0.1, -0.05) is 24.8 Å². The molecule has 1 aromatic carbocycles. The summed E-state index contributed by atoms with van der Waals surface area (Å²) in [7, 11) is 1.70. The van der Waals surface area contributed by atoms with E-state index in [2.05, 4.69) is 64.7 Å². The van der Waals surface area contributed by atoms with Crippen molar-refractivity contribution in [3.05, 3.63) is 77.9 Å². The summed E-state index contributed by atoms with van der Waals surface area (Å²) in [6, 6.07) is 19.5. The normalized spacial score (nSPS) is 22.8. The van der Waals surface area contributed by atoms with E-state index >= 15 is 0 Å². The van der Waals surface area contributed by atoms with Crippen LogP contribution in [0, 0.1) is 6.92 Å². The zero-order valence-corrected chi connectivity index (χ0v) is 18.3.